The number of amides is 2. The molecule has 266 valence electrons. The SMILES string of the molecule is CCOC(=O)N1c2ccc(C#N)nc2[C@@H](NC(c2cc(C(F)(F)F)cc(C(F)(F)F)c2)c2ncc(N3CCN(C(C)=O)CC3)cn2)C[C@H]1CC. The summed E-state index contributed by atoms with van der Waals surface area (Å²) >= 11 is 0. The number of fused-ring (bicyclic) bond motifs is 1. The lowest BCUT2D eigenvalue weighted by molar-refractivity contribution is -0.143. The van der Waals surface area contributed by atoms with Crippen LogP contribution in [0.1, 0.15) is 79.6 Å². The molecule has 1 aromatic carbocycles. The second-order valence-corrected chi connectivity index (χ2v) is 11.9. The van der Waals surface area contributed by atoms with E-state index in [2.05, 4.69) is 20.3 Å². The molecule has 0 aliphatic carbocycles. The maximum absolute atomic E-state index is 14.0. The minimum absolute atomic E-state index is 0.0187. The molecule has 17 heteroatoms. The molecule has 1 N–H and O–H groups in total. The summed E-state index contributed by atoms with van der Waals surface area (Å²) in [5.41, 5.74) is -2.45. The van der Waals surface area contributed by atoms with E-state index in [4.69, 9.17) is 4.74 Å². The van der Waals surface area contributed by atoms with Crippen LogP contribution in [0.25, 0.3) is 0 Å². The van der Waals surface area contributed by atoms with Gasteiger partial charge in [0.05, 0.1) is 59.3 Å². The molecular formula is C33H34F6N8O3. The quantitative estimate of drug-likeness (QED) is 0.294. The number of ether oxygens (including phenoxy) is 1. The molecule has 2 aliphatic heterocycles. The fourth-order valence-electron chi connectivity index (χ4n) is 6.20. The molecule has 1 fully saturated rings. The largest absolute Gasteiger partial charge is 0.449 e. The Labute approximate surface area is 283 Å². The van der Waals surface area contributed by atoms with Crippen LogP contribution in [0.5, 0.6) is 0 Å². The van der Waals surface area contributed by atoms with Crippen molar-refractivity contribution >= 4 is 23.4 Å². The summed E-state index contributed by atoms with van der Waals surface area (Å²) in [6.07, 6.45) is -7.51. The van der Waals surface area contributed by atoms with Crippen LogP contribution in [0.4, 0.5) is 42.5 Å². The van der Waals surface area contributed by atoms with E-state index in [9.17, 15) is 41.2 Å². The number of hydrogen-bond donors (Lipinski definition) is 1. The number of carbonyl (C=O) groups excluding carboxylic acids is 2. The van der Waals surface area contributed by atoms with Crippen molar-refractivity contribution in [2.45, 2.75) is 64.1 Å². The van der Waals surface area contributed by atoms with Crippen LogP contribution in [0, 0.1) is 11.3 Å². The first kappa shape index (κ1) is 36.3. The Bertz CT molecular complexity index is 1720. The molecule has 5 rings (SSSR count). The van der Waals surface area contributed by atoms with Crippen LogP contribution in [0.2, 0.25) is 0 Å². The van der Waals surface area contributed by atoms with Gasteiger partial charge in [0.15, 0.2) is 0 Å². The molecule has 50 heavy (non-hydrogen) atoms. The van der Waals surface area contributed by atoms with E-state index in [1.807, 2.05) is 17.9 Å². The Kier molecular flexibility index (Phi) is 10.5. The van der Waals surface area contributed by atoms with Gasteiger partial charge in [0.2, 0.25) is 5.91 Å². The van der Waals surface area contributed by atoms with Gasteiger partial charge in [-0.3, -0.25) is 15.0 Å². The molecule has 0 saturated carbocycles. The third-order valence-electron chi connectivity index (χ3n) is 8.73. The number of anilines is 2. The molecule has 4 heterocycles. The molecule has 1 saturated heterocycles. The Hall–Kier alpha value is -4.98. The third kappa shape index (κ3) is 7.75. The van der Waals surface area contributed by atoms with E-state index in [0.717, 1.165) is 0 Å². The molecule has 0 radical (unpaired) electrons. The Balaban J connectivity index is 1.61. The van der Waals surface area contributed by atoms with Gasteiger partial charge in [-0.15, -0.1) is 0 Å². The van der Waals surface area contributed by atoms with Crippen LogP contribution < -0.4 is 15.1 Å². The van der Waals surface area contributed by atoms with Crippen LogP contribution in [-0.2, 0) is 21.9 Å². The fraction of sp³-hybridized carbons (Fsp3) is 0.455. The number of carbonyl (C=O) groups is 2. The standard InChI is InChI=1S/C33H34F6N8O3/c1-4-24-15-26(29-27(7-6-23(16-40)43-29)47(24)31(49)50-5-2)44-28(20-12-21(32(34,35)36)14-22(13-20)33(37,38)39)30-41-17-25(18-42-30)46-10-8-45(9-11-46)19(3)48/h6-7,12-14,17-18,24,26,28,44H,4-5,8-11,15H2,1-3H3/t24-,26+,28?/m1/s1. The number of alkyl halides is 6. The third-order valence-corrected chi connectivity index (χ3v) is 8.73. The van der Waals surface area contributed by atoms with E-state index in [-0.39, 0.29) is 47.9 Å². The van der Waals surface area contributed by atoms with Gasteiger partial charge in [-0.1, -0.05) is 6.92 Å². The van der Waals surface area contributed by atoms with E-state index < -0.39 is 53.3 Å². The highest BCUT2D eigenvalue weighted by molar-refractivity contribution is 5.90. The minimum Gasteiger partial charge on any atom is -0.449 e. The number of nitrogens with one attached hydrogen (secondary N) is 1. The van der Waals surface area contributed by atoms with Gasteiger partial charge in [0, 0.05) is 39.1 Å². The van der Waals surface area contributed by atoms with Crippen molar-refractivity contribution < 1.29 is 40.7 Å². The molecule has 0 bridgehead atoms. The maximum atomic E-state index is 14.0. The van der Waals surface area contributed by atoms with Gasteiger partial charge in [0.1, 0.15) is 17.6 Å². The number of pyridine rings is 1. The van der Waals surface area contributed by atoms with Crippen molar-refractivity contribution in [2.75, 3.05) is 42.6 Å². The Morgan fingerprint density at radius 3 is 2.14 bits per heavy atom. The molecule has 2 aliphatic rings. The number of nitrogens with zero attached hydrogens (tertiary/aromatic N) is 7. The molecule has 2 aromatic heterocycles. The summed E-state index contributed by atoms with van der Waals surface area (Å²) in [7, 11) is 0. The molecule has 11 nitrogen and oxygen atoms in total. The predicted molar refractivity (Wildman–Crippen MR) is 168 cm³/mol. The van der Waals surface area contributed by atoms with Crippen molar-refractivity contribution in [2.24, 2.45) is 0 Å². The molecule has 2 amide bonds. The summed E-state index contributed by atoms with van der Waals surface area (Å²) in [4.78, 5) is 43.0. The lowest BCUT2D eigenvalue weighted by Gasteiger charge is -2.40. The van der Waals surface area contributed by atoms with Gasteiger partial charge >= 0.3 is 18.4 Å². The number of nitriles is 1. The Morgan fingerprint density at radius 2 is 1.62 bits per heavy atom. The number of piperazine rings is 1. The van der Waals surface area contributed by atoms with Crippen molar-refractivity contribution in [1.82, 2.24) is 25.2 Å². The van der Waals surface area contributed by atoms with Gasteiger partial charge in [-0.05, 0) is 55.7 Å². The zero-order valence-corrected chi connectivity index (χ0v) is 27.3. The van der Waals surface area contributed by atoms with E-state index in [1.165, 1.54) is 36.4 Å². The summed E-state index contributed by atoms with van der Waals surface area (Å²) in [5, 5.41) is 12.8. The van der Waals surface area contributed by atoms with Crippen molar-refractivity contribution in [3.05, 3.63) is 76.6 Å². The topological polar surface area (TPSA) is 128 Å². The average Bonchev–Trinajstić information content (AvgIpc) is 3.09. The van der Waals surface area contributed by atoms with E-state index in [0.29, 0.717) is 50.4 Å². The van der Waals surface area contributed by atoms with Gasteiger partial charge in [0.25, 0.3) is 0 Å². The van der Waals surface area contributed by atoms with Crippen molar-refractivity contribution in [1.29, 1.82) is 5.26 Å². The molecule has 0 spiro atoms. The lowest BCUT2D eigenvalue weighted by Crippen LogP contribution is -2.48. The lowest BCUT2D eigenvalue weighted by atomic mass is 9.91. The number of aromatic nitrogens is 3. The van der Waals surface area contributed by atoms with Crippen LogP contribution in [-0.4, -0.2) is 70.7 Å². The highest BCUT2D eigenvalue weighted by Gasteiger charge is 2.41. The average molecular weight is 705 g/mol. The highest BCUT2D eigenvalue weighted by Crippen LogP contribution is 2.42. The maximum Gasteiger partial charge on any atom is 0.416 e. The van der Waals surface area contributed by atoms with Crippen LogP contribution >= 0.6 is 0 Å². The second kappa shape index (κ2) is 14.5. The molecule has 3 atom stereocenters. The van der Waals surface area contributed by atoms with Crippen LogP contribution in [0.3, 0.4) is 0 Å². The van der Waals surface area contributed by atoms with Crippen LogP contribution in [0.15, 0.2) is 42.7 Å². The van der Waals surface area contributed by atoms with E-state index in [1.54, 1.807) is 11.8 Å². The number of halogens is 6. The predicted octanol–water partition coefficient (Wildman–Crippen LogP) is 6.01. The molecular weight excluding hydrogens is 670 g/mol. The molecule has 3 aromatic rings. The van der Waals surface area contributed by atoms with Gasteiger partial charge < -0.3 is 14.5 Å². The van der Waals surface area contributed by atoms with Crippen molar-refractivity contribution in [3.8, 4) is 6.07 Å². The summed E-state index contributed by atoms with van der Waals surface area (Å²) < 4.78 is 89.4. The number of rotatable bonds is 7. The molecule has 1 unspecified atom stereocenters. The summed E-state index contributed by atoms with van der Waals surface area (Å²) in [5.74, 6) is -0.191. The second-order valence-electron chi connectivity index (χ2n) is 11.9. The smallest absolute Gasteiger partial charge is 0.416 e. The fourth-order valence-corrected chi connectivity index (χ4v) is 6.20. The van der Waals surface area contributed by atoms with Gasteiger partial charge in [-0.25, -0.2) is 19.7 Å². The zero-order chi connectivity index (χ0) is 36.4. The summed E-state index contributed by atoms with van der Waals surface area (Å²) in [6.45, 7) is 6.83. The first-order valence-electron chi connectivity index (χ1n) is 15.9. The van der Waals surface area contributed by atoms with E-state index >= 15 is 0 Å². The first-order valence-corrected chi connectivity index (χ1v) is 15.9. The van der Waals surface area contributed by atoms with Crippen molar-refractivity contribution in [3.63, 3.8) is 0 Å². The number of benzene rings is 1. The number of hydrogen-bond acceptors (Lipinski definition) is 9. The first-order chi connectivity index (χ1) is 23.6. The Morgan fingerprint density at radius 1 is 1.00 bits per heavy atom. The minimum atomic E-state index is -5.11. The highest BCUT2D eigenvalue weighted by atomic mass is 19.4. The zero-order valence-electron chi connectivity index (χ0n) is 27.3. The monoisotopic (exact) mass is 704 g/mol. The normalized spacial score (nSPS) is 18.7. The summed E-state index contributed by atoms with van der Waals surface area (Å²) in [6, 6.07) is 3.30. The van der Waals surface area contributed by atoms with Gasteiger partial charge in [-0.2, -0.15) is 31.6 Å².